The van der Waals surface area contributed by atoms with E-state index in [0.717, 1.165) is 0 Å². The number of hydrogen-bond donors (Lipinski definition) is 12. The second kappa shape index (κ2) is 48.8. The minimum Gasteiger partial charge on any atom is -0.790 e. The summed E-state index contributed by atoms with van der Waals surface area (Å²) in [5.41, 5.74) is 11.9. The van der Waals surface area contributed by atoms with Gasteiger partial charge in [-0.3, -0.25) is 9.13 Å². The van der Waals surface area contributed by atoms with Gasteiger partial charge in [0.1, 0.15) is 74.5 Å². The third-order valence-corrected chi connectivity index (χ3v) is 4.96. The standard InChI is InChI=1S/4C3H8NO6P.6H3N.6H2O/c4*4-2(3(5)6)1-10-11(7,8)9;;;;;;;;;;;;/h4*2H,1,4H2,(H,5,6)(H2,7,8,9);6*1H3;6*1H2/t4*2-;;;;;;;;;;;;/m0000............/s1. The first-order valence-corrected chi connectivity index (χ1v) is 16.1. The van der Waals surface area contributed by atoms with E-state index in [0.29, 0.717) is 0 Å². The van der Waals surface area contributed by atoms with Crippen molar-refractivity contribution >= 4 is 55.2 Å². The Balaban J connectivity index is -0.0000000254. The number of phosphoric ester groups is 4. The number of rotatable bonds is 16. The molecule has 0 aliphatic heterocycles. The van der Waals surface area contributed by atoms with Crippen LogP contribution in [0.3, 0.4) is 0 Å². The van der Waals surface area contributed by atoms with Gasteiger partial charge in [-0.1, -0.05) is 0 Å². The summed E-state index contributed by atoms with van der Waals surface area (Å²) < 4.78 is 54.0. The fourth-order valence-corrected chi connectivity index (χ4v) is 2.46. The van der Waals surface area contributed by atoms with Crippen molar-refractivity contribution < 1.29 is 171 Å². The molecule has 0 fully saturated rings. The lowest BCUT2D eigenvalue weighted by atomic mass is 10.3. The highest BCUT2D eigenvalue weighted by molar-refractivity contribution is 7.45. The Labute approximate surface area is 314 Å². The van der Waals surface area contributed by atoms with E-state index >= 15 is 0 Å². The minimum atomic E-state index is -5.09. The van der Waals surface area contributed by atoms with Gasteiger partial charge in [0.15, 0.2) is 0 Å². The monoisotopic (exact) mass is 950 g/mol. The van der Waals surface area contributed by atoms with Crippen LogP contribution in [0.5, 0.6) is 0 Å². The van der Waals surface area contributed by atoms with E-state index in [2.05, 4.69) is 41.0 Å². The Bertz CT molecular complexity index is 936. The molecular formula is C12H62N10O30P4. The minimum absolute atomic E-state index is 0. The maximum Gasteiger partial charge on any atom is 0.265 e. The van der Waals surface area contributed by atoms with Crippen molar-refractivity contribution in [3.8, 4) is 0 Å². The number of carbonyl (C=O) groups excluding carboxylic acids is 4. The number of hydrogen-bond acceptors (Lipinski definition) is 22. The summed E-state index contributed by atoms with van der Waals surface area (Å²) in [6.07, 6.45) is 0. The van der Waals surface area contributed by atoms with E-state index in [1.54, 1.807) is 0 Å². The van der Waals surface area contributed by atoms with Crippen molar-refractivity contribution in [2.24, 2.45) is 0 Å². The Morgan fingerprint density at radius 3 is 0.625 bits per heavy atom. The zero-order valence-electron chi connectivity index (χ0n) is 30.6. The molecule has 6 atom stereocenters. The number of carbonyl (C=O) groups is 4. The van der Waals surface area contributed by atoms with Gasteiger partial charge in [-0.2, -0.15) is 0 Å². The van der Waals surface area contributed by atoms with Crippen LogP contribution in [0.1, 0.15) is 0 Å². The predicted octanol–water partition coefficient (Wildman–Crippen LogP) is -20.7. The summed E-state index contributed by atoms with van der Waals surface area (Å²) in [5.74, 6) is -6.23. The molecule has 0 radical (unpaired) electrons. The van der Waals surface area contributed by atoms with Crippen LogP contribution in [0.4, 0.5) is 0 Å². The van der Waals surface area contributed by atoms with Crippen molar-refractivity contribution in [1.29, 1.82) is 0 Å². The van der Waals surface area contributed by atoms with Gasteiger partial charge in [-0.15, -0.1) is 0 Å². The van der Waals surface area contributed by atoms with Gasteiger partial charge in [0.2, 0.25) is 0 Å². The summed E-state index contributed by atoms with van der Waals surface area (Å²) in [7, 11) is -19.9. The van der Waals surface area contributed by atoms with E-state index in [-0.39, 0.29) is 69.8 Å². The molecule has 0 spiro atoms. The Kier molecular flexibility index (Phi) is 91.5. The zero-order valence-corrected chi connectivity index (χ0v) is 34.2. The summed E-state index contributed by atoms with van der Waals surface area (Å²) in [6, 6.07) is -5.34. The Morgan fingerprint density at radius 1 is 0.411 bits per heavy atom. The molecule has 2 unspecified atom stereocenters. The van der Waals surface area contributed by atoms with Gasteiger partial charge >= 0.3 is 0 Å². The lowest BCUT2D eigenvalue weighted by molar-refractivity contribution is -0.443. The maximum absolute atomic E-state index is 9.89. The molecule has 0 aromatic heterocycles. The molecule has 0 rings (SSSR count). The van der Waals surface area contributed by atoms with E-state index < -0.39 is 106 Å². The largest absolute Gasteiger partial charge is 0.790 e. The van der Waals surface area contributed by atoms with Crippen molar-refractivity contribution in [1.82, 2.24) is 36.9 Å². The van der Waals surface area contributed by atoms with Crippen LogP contribution in [-0.4, -0.2) is 117 Å². The molecule has 0 aromatic rings. The Hall–Kier alpha value is -2.32. The average Bonchev–Trinajstić information content (AvgIpc) is 2.81. The van der Waals surface area contributed by atoms with Crippen LogP contribution in [0.15, 0.2) is 0 Å². The molecule has 0 aliphatic carbocycles. The van der Waals surface area contributed by atoms with Crippen LogP contribution in [0, 0.1) is 0 Å². The van der Waals surface area contributed by atoms with Crippen molar-refractivity contribution in [2.45, 2.75) is 24.2 Å². The molecule has 0 aliphatic rings. The lowest BCUT2D eigenvalue weighted by Gasteiger charge is -2.29. The summed E-state index contributed by atoms with van der Waals surface area (Å²) in [6.45, 7) is -3.02. The first-order valence-electron chi connectivity index (χ1n) is 10.2. The fraction of sp³-hybridized carbons (Fsp3) is 0.667. The average molecular weight is 951 g/mol. The van der Waals surface area contributed by atoms with E-state index in [1.165, 1.54) is 0 Å². The van der Waals surface area contributed by atoms with Crippen LogP contribution < -0.4 is 110 Å². The van der Waals surface area contributed by atoms with E-state index in [9.17, 15) is 87.2 Å². The molecule has 0 aromatic carbocycles. The van der Waals surface area contributed by atoms with Crippen molar-refractivity contribution in [3.63, 3.8) is 0 Å². The highest BCUT2D eigenvalue weighted by atomic mass is 31.2. The third-order valence-electron chi connectivity index (χ3n) is 3.08. The van der Waals surface area contributed by atoms with Crippen molar-refractivity contribution in [2.75, 3.05) is 26.4 Å². The fourth-order valence-electron chi connectivity index (χ4n) is 1.00. The smallest absolute Gasteiger partial charge is 0.265 e. The molecule has 44 heteroatoms. The van der Waals surface area contributed by atoms with Crippen molar-refractivity contribution in [3.05, 3.63) is 0 Å². The van der Waals surface area contributed by atoms with Crippen LogP contribution in [0.25, 0.3) is 0 Å². The number of aliphatic carboxylic acids is 4. The maximum atomic E-state index is 9.89. The number of quaternary nitrogens is 10. The molecule has 56 heavy (non-hydrogen) atoms. The van der Waals surface area contributed by atoms with E-state index in [4.69, 9.17) is 9.79 Å². The Morgan fingerprint density at radius 2 is 0.536 bits per heavy atom. The van der Waals surface area contributed by atoms with Crippen LogP contribution in [-0.2, 0) is 55.5 Å². The topological polar surface area (TPSA) is 963 Å². The van der Waals surface area contributed by atoms with Crippen LogP contribution in [0.2, 0.25) is 0 Å². The van der Waals surface area contributed by atoms with Gasteiger partial charge in [0, 0.05) is 0 Å². The van der Waals surface area contributed by atoms with Gasteiger partial charge < -0.3 is 199 Å². The van der Waals surface area contributed by atoms with E-state index in [1.807, 2.05) is 0 Å². The summed E-state index contributed by atoms with van der Waals surface area (Å²) in [5, 5.41) is 39.5. The summed E-state index contributed by atoms with van der Waals surface area (Å²) >= 11 is 0. The molecule has 0 saturated heterocycles. The van der Waals surface area contributed by atoms with Crippen LogP contribution >= 0.6 is 31.3 Å². The first-order chi connectivity index (χ1) is 19.3. The molecule has 0 heterocycles. The molecule has 40 nitrogen and oxygen atoms in total. The quantitative estimate of drug-likeness (QED) is 0.0639. The molecule has 0 saturated carbocycles. The SMILES string of the molecule is O.O.O.O.O.O.[NH3+][C@@H](COP(=O)([O-])O)C(=O)[O-].[NH3+][C@@H](COP(=O)([O-])O)C(=O)[O-].[NH3+][C@@H](COP(=O)([O-])[O-])C(=O)[O-].[NH3+][C@@H](COP(=O)([O-])[O-])C(=O)[O-].[NH4+].[NH4+].[NH4+].[NH4+].[NH4+].[NH4+]. The van der Waals surface area contributed by atoms with Gasteiger partial charge in [-0.05, 0) is 0 Å². The van der Waals surface area contributed by atoms with Gasteiger partial charge in [0.25, 0.3) is 15.6 Å². The second-order valence-electron chi connectivity index (χ2n) is 7.08. The van der Waals surface area contributed by atoms with Gasteiger partial charge in [-0.25, -0.2) is 0 Å². The van der Waals surface area contributed by atoms with Gasteiger partial charge in [0.05, 0.1) is 15.6 Å². The normalized spacial score (nSPS) is 13.1. The third kappa shape index (κ3) is 93.5. The molecule has 360 valence electrons. The predicted molar refractivity (Wildman–Crippen MR) is 163 cm³/mol. The molecule has 0 amide bonds. The lowest BCUT2D eigenvalue weighted by Crippen LogP contribution is -2.70. The second-order valence-corrected chi connectivity index (χ2v) is 11.8. The molecule has 0 bridgehead atoms. The number of carboxylic acids is 4. The highest BCUT2D eigenvalue weighted by Crippen LogP contribution is 2.30. The number of phosphoric acid groups is 4. The molecule has 50 N–H and O–H groups in total. The highest BCUT2D eigenvalue weighted by Gasteiger charge is 2.12. The first kappa shape index (κ1) is 105. The molecular weight excluding hydrogens is 888 g/mol. The zero-order chi connectivity index (χ0) is 36.3. The summed E-state index contributed by atoms with van der Waals surface area (Å²) in [4.78, 5) is 114. The number of carboxylic acid groups (broad SMARTS) is 4.